The van der Waals surface area contributed by atoms with Gasteiger partial charge in [0.05, 0.1) is 16.8 Å². The summed E-state index contributed by atoms with van der Waals surface area (Å²) >= 11 is 2.24. The molecule has 0 unspecified atom stereocenters. The lowest BCUT2D eigenvalue weighted by Gasteiger charge is -2.00. The van der Waals surface area contributed by atoms with Crippen LogP contribution in [-0.4, -0.2) is 19.9 Å². The number of benzene rings is 2. The third-order valence-corrected chi connectivity index (χ3v) is 3.89. The third-order valence-electron chi connectivity index (χ3n) is 2.95. The van der Waals surface area contributed by atoms with E-state index in [0.29, 0.717) is 5.69 Å². The minimum absolute atomic E-state index is 0.0267. The first-order chi connectivity index (χ1) is 10.1. The van der Waals surface area contributed by atoms with E-state index in [1.54, 1.807) is 18.3 Å². The fourth-order valence-electron chi connectivity index (χ4n) is 1.93. The number of aromatic nitrogens is 3. The van der Waals surface area contributed by atoms with Crippen molar-refractivity contribution in [2.75, 3.05) is 0 Å². The van der Waals surface area contributed by atoms with Gasteiger partial charge in [0, 0.05) is 21.3 Å². The molecule has 6 nitrogen and oxygen atoms in total. The Kier molecular flexibility index (Phi) is 3.65. The SMILES string of the molecule is O=[N+]([O-])c1cccc(-n2cc(-c3ccccc3I)nn2)c1. The number of nitrogens with zero attached hydrogens (tertiary/aromatic N) is 4. The molecule has 1 aromatic heterocycles. The standard InChI is InChI=1S/C14H9IN4O2/c15-13-7-2-1-6-12(13)14-9-18(17-16-14)10-4-3-5-11(8-10)19(20)21/h1-9H. The smallest absolute Gasteiger partial charge is 0.258 e. The molecule has 104 valence electrons. The lowest BCUT2D eigenvalue weighted by atomic mass is 10.2. The zero-order chi connectivity index (χ0) is 14.8. The topological polar surface area (TPSA) is 73.8 Å². The predicted octanol–water partition coefficient (Wildman–Crippen LogP) is 3.45. The van der Waals surface area contributed by atoms with Gasteiger partial charge in [0.25, 0.3) is 5.69 Å². The molecule has 7 heteroatoms. The summed E-state index contributed by atoms with van der Waals surface area (Å²) in [7, 11) is 0. The first-order valence-electron chi connectivity index (χ1n) is 6.07. The minimum atomic E-state index is -0.429. The highest BCUT2D eigenvalue weighted by Crippen LogP contribution is 2.24. The van der Waals surface area contributed by atoms with E-state index in [0.717, 1.165) is 14.8 Å². The predicted molar refractivity (Wildman–Crippen MR) is 86.2 cm³/mol. The van der Waals surface area contributed by atoms with Crippen LogP contribution in [0.5, 0.6) is 0 Å². The van der Waals surface area contributed by atoms with Gasteiger partial charge >= 0.3 is 0 Å². The van der Waals surface area contributed by atoms with Gasteiger partial charge < -0.3 is 0 Å². The van der Waals surface area contributed by atoms with Crippen molar-refractivity contribution < 1.29 is 4.92 Å². The Morgan fingerprint density at radius 2 is 1.95 bits per heavy atom. The number of non-ortho nitro benzene ring substituents is 1. The van der Waals surface area contributed by atoms with Crippen molar-refractivity contribution in [1.82, 2.24) is 15.0 Å². The van der Waals surface area contributed by atoms with E-state index in [1.807, 2.05) is 24.3 Å². The summed E-state index contributed by atoms with van der Waals surface area (Å²) in [6.07, 6.45) is 1.76. The highest BCUT2D eigenvalue weighted by Gasteiger charge is 2.10. The van der Waals surface area contributed by atoms with E-state index in [4.69, 9.17) is 0 Å². The molecule has 1 heterocycles. The molecular weight excluding hydrogens is 383 g/mol. The third kappa shape index (κ3) is 2.77. The molecule has 0 atom stereocenters. The molecule has 0 aliphatic carbocycles. The molecule has 0 bridgehead atoms. The van der Waals surface area contributed by atoms with Gasteiger partial charge in [-0.15, -0.1) is 5.10 Å². The van der Waals surface area contributed by atoms with Crippen LogP contribution in [0.15, 0.2) is 54.7 Å². The average Bonchev–Trinajstić information content (AvgIpc) is 2.97. The van der Waals surface area contributed by atoms with E-state index >= 15 is 0 Å². The molecule has 0 saturated heterocycles. The van der Waals surface area contributed by atoms with Crippen molar-refractivity contribution in [3.05, 3.63) is 68.4 Å². The lowest BCUT2D eigenvalue weighted by molar-refractivity contribution is -0.384. The molecule has 0 aliphatic heterocycles. The van der Waals surface area contributed by atoms with Gasteiger partial charge in [-0.1, -0.05) is 29.5 Å². The van der Waals surface area contributed by atoms with Crippen molar-refractivity contribution in [3.63, 3.8) is 0 Å². The van der Waals surface area contributed by atoms with Crippen LogP contribution in [-0.2, 0) is 0 Å². The van der Waals surface area contributed by atoms with Gasteiger partial charge in [-0.05, 0) is 34.7 Å². The maximum absolute atomic E-state index is 10.8. The number of hydrogen-bond acceptors (Lipinski definition) is 4. The summed E-state index contributed by atoms with van der Waals surface area (Å²) in [6.45, 7) is 0. The first kappa shape index (κ1) is 13.7. The number of halogens is 1. The van der Waals surface area contributed by atoms with Crippen molar-refractivity contribution in [2.45, 2.75) is 0 Å². The summed E-state index contributed by atoms with van der Waals surface area (Å²) in [5.74, 6) is 0. The molecule has 0 amide bonds. The average molecular weight is 392 g/mol. The van der Waals surface area contributed by atoms with Gasteiger partial charge in [-0.3, -0.25) is 10.1 Å². The number of nitro benzene ring substituents is 1. The van der Waals surface area contributed by atoms with Gasteiger partial charge in [0.15, 0.2) is 0 Å². The molecule has 21 heavy (non-hydrogen) atoms. The van der Waals surface area contributed by atoms with Crippen LogP contribution < -0.4 is 0 Å². The van der Waals surface area contributed by atoms with Crippen LogP contribution >= 0.6 is 22.6 Å². The Balaban J connectivity index is 2.01. The fraction of sp³-hybridized carbons (Fsp3) is 0. The highest BCUT2D eigenvalue weighted by molar-refractivity contribution is 14.1. The summed E-state index contributed by atoms with van der Waals surface area (Å²) in [6, 6.07) is 14.1. The second-order valence-electron chi connectivity index (χ2n) is 4.31. The summed E-state index contributed by atoms with van der Waals surface area (Å²) in [5, 5.41) is 19.0. The largest absolute Gasteiger partial charge is 0.271 e. The Morgan fingerprint density at radius 1 is 1.14 bits per heavy atom. The Labute approximate surface area is 133 Å². The Bertz CT molecular complexity index is 816. The van der Waals surface area contributed by atoms with Crippen molar-refractivity contribution in [2.24, 2.45) is 0 Å². The van der Waals surface area contributed by atoms with Gasteiger partial charge in [-0.25, -0.2) is 4.68 Å². The maximum atomic E-state index is 10.8. The molecule has 3 rings (SSSR count). The van der Waals surface area contributed by atoms with Crippen LogP contribution in [0.4, 0.5) is 5.69 Å². The summed E-state index contributed by atoms with van der Waals surface area (Å²) in [5.41, 5.74) is 2.34. The second-order valence-corrected chi connectivity index (χ2v) is 5.47. The molecule has 3 aromatic rings. The molecule has 0 saturated carbocycles. The van der Waals surface area contributed by atoms with E-state index < -0.39 is 4.92 Å². The first-order valence-corrected chi connectivity index (χ1v) is 7.15. The molecule has 0 N–H and O–H groups in total. The van der Waals surface area contributed by atoms with Crippen molar-refractivity contribution in [3.8, 4) is 16.9 Å². The number of rotatable bonds is 3. The van der Waals surface area contributed by atoms with E-state index in [9.17, 15) is 10.1 Å². The summed E-state index contributed by atoms with van der Waals surface area (Å²) < 4.78 is 2.60. The van der Waals surface area contributed by atoms with Crippen molar-refractivity contribution >= 4 is 28.3 Å². The molecule has 0 aliphatic rings. The van der Waals surface area contributed by atoms with E-state index in [-0.39, 0.29) is 5.69 Å². The number of hydrogen-bond donors (Lipinski definition) is 0. The van der Waals surface area contributed by atoms with Gasteiger partial charge in [-0.2, -0.15) is 0 Å². The van der Waals surface area contributed by atoms with E-state index in [2.05, 4.69) is 32.9 Å². The van der Waals surface area contributed by atoms with Gasteiger partial charge in [0.2, 0.25) is 0 Å². The van der Waals surface area contributed by atoms with Crippen LogP contribution in [0.25, 0.3) is 16.9 Å². The molecule has 0 fully saturated rings. The second kappa shape index (κ2) is 5.60. The molecule has 0 spiro atoms. The minimum Gasteiger partial charge on any atom is -0.258 e. The highest BCUT2D eigenvalue weighted by atomic mass is 127. The quantitative estimate of drug-likeness (QED) is 0.389. The zero-order valence-electron chi connectivity index (χ0n) is 10.7. The normalized spacial score (nSPS) is 10.5. The Hall–Kier alpha value is -2.29. The fourth-order valence-corrected chi connectivity index (χ4v) is 2.60. The molecular formula is C14H9IN4O2. The zero-order valence-corrected chi connectivity index (χ0v) is 12.8. The number of nitro groups is 1. The van der Waals surface area contributed by atoms with Crippen LogP contribution in [0.1, 0.15) is 0 Å². The van der Waals surface area contributed by atoms with Gasteiger partial charge in [0.1, 0.15) is 5.69 Å². The maximum Gasteiger partial charge on any atom is 0.271 e. The molecule has 0 radical (unpaired) electrons. The van der Waals surface area contributed by atoms with Crippen LogP contribution in [0.2, 0.25) is 0 Å². The Morgan fingerprint density at radius 3 is 2.71 bits per heavy atom. The van der Waals surface area contributed by atoms with Crippen LogP contribution in [0, 0.1) is 13.7 Å². The van der Waals surface area contributed by atoms with Crippen LogP contribution in [0.3, 0.4) is 0 Å². The van der Waals surface area contributed by atoms with Crippen molar-refractivity contribution in [1.29, 1.82) is 0 Å². The summed E-state index contributed by atoms with van der Waals surface area (Å²) in [4.78, 5) is 10.4. The van der Waals surface area contributed by atoms with E-state index in [1.165, 1.54) is 16.8 Å². The molecule has 2 aromatic carbocycles. The monoisotopic (exact) mass is 392 g/mol. The lowest BCUT2D eigenvalue weighted by Crippen LogP contribution is -1.96.